The van der Waals surface area contributed by atoms with Gasteiger partial charge in [-0.1, -0.05) is 23.7 Å². The van der Waals surface area contributed by atoms with Crippen molar-refractivity contribution in [3.63, 3.8) is 0 Å². The van der Waals surface area contributed by atoms with Crippen LogP contribution in [0, 0.1) is 0 Å². The number of ether oxygens (including phenoxy) is 2. The highest BCUT2D eigenvalue weighted by Crippen LogP contribution is 2.30. The van der Waals surface area contributed by atoms with Crippen molar-refractivity contribution >= 4 is 23.4 Å². The largest absolute Gasteiger partial charge is 0.493 e. The third-order valence-electron chi connectivity index (χ3n) is 5.76. The maximum Gasteiger partial charge on any atom is 0.253 e. The number of nitrogens with one attached hydrogen (secondary N) is 1. The van der Waals surface area contributed by atoms with Gasteiger partial charge in [-0.15, -0.1) is 0 Å². The van der Waals surface area contributed by atoms with Crippen LogP contribution in [0.4, 0.5) is 0 Å². The van der Waals surface area contributed by atoms with Gasteiger partial charge in [-0.25, -0.2) is 0 Å². The molecule has 2 heterocycles. The topological polar surface area (TPSA) is 80.8 Å². The van der Waals surface area contributed by atoms with Crippen molar-refractivity contribution in [3.8, 4) is 11.5 Å². The van der Waals surface area contributed by atoms with Crippen LogP contribution in [0.1, 0.15) is 39.1 Å². The molecule has 0 spiro atoms. The number of nitrogens with zero attached hydrogens (tertiary/aromatic N) is 2. The fourth-order valence-electron chi connectivity index (χ4n) is 3.84. The van der Waals surface area contributed by atoms with Crippen LogP contribution < -0.4 is 14.8 Å². The number of amides is 2. The Labute approximate surface area is 203 Å². The Morgan fingerprint density at radius 1 is 1.06 bits per heavy atom. The van der Waals surface area contributed by atoms with Crippen molar-refractivity contribution in [3.05, 3.63) is 88.7 Å². The predicted octanol–water partition coefficient (Wildman–Crippen LogP) is 4.36. The van der Waals surface area contributed by atoms with E-state index in [1.165, 1.54) is 0 Å². The molecule has 0 atom stereocenters. The van der Waals surface area contributed by atoms with E-state index in [9.17, 15) is 9.59 Å². The van der Waals surface area contributed by atoms with E-state index < -0.39 is 0 Å². The summed E-state index contributed by atoms with van der Waals surface area (Å²) in [6, 6.07) is 16.1. The molecule has 1 N–H and O–H groups in total. The van der Waals surface area contributed by atoms with Gasteiger partial charge in [-0.05, 0) is 60.9 Å². The van der Waals surface area contributed by atoms with E-state index in [0.717, 1.165) is 5.56 Å². The number of pyridine rings is 1. The van der Waals surface area contributed by atoms with Crippen LogP contribution >= 0.6 is 11.6 Å². The van der Waals surface area contributed by atoms with Crippen molar-refractivity contribution in [1.82, 2.24) is 15.2 Å². The zero-order chi connectivity index (χ0) is 23.9. The number of likely N-dealkylation sites (tertiary alicyclic amines) is 1. The monoisotopic (exact) mass is 479 g/mol. The lowest BCUT2D eigenvalue weighted by Crippen LogP contribution is -2.46. The minimum Gasteiger partial charge on any atom is -0.493 e. The highest BCUT2D eigenvalue weighted by atomic mass is 35.5. The van der Waals surface area contributed by atoms with E-state index in [0.29, 0.717) is 60.2 Å². The molecule has 1 saturated heterocycles. The van der Waals surface area contributed by atoms with Gasteiger partial charge in [-0.2, -0.15) is 0 Å². The van der Waals surface area contributed by atoms with E-state index >= 15 is 0 Å². The molecule has 1 aromatic heterocycles. The second kappa shape index (κ2) is 11.0. The highest BCUT2D eigenvalue weighted by Gasteiger charge is 2.25. The molecule has 0 saturated carbocycles. The first-order chi connectivity index (χ1) is 16.5. The smallest absolute Gasteiger partial charge is 0.253 e. The zero-order valence-corrected chi connectivity index (χ0v) is 19.6. The fourth-order valence-corrected chi connectivity index (χ4v) is 3.96. The Hall–Kier alpha value is -3.58. The average Bonchev–Trinajstić information content (AvgIpc) is 2.89. The fraction of sp³-hybridized carbons (Fsp3) is 0.269. The van der Waals surface area contributed by atoms with Gasteiger partial charge in [0, 0.05) is 42.1 Å². The number of rotatable bonds is 7. The Bertz CT molecular complexity index is 1130. The number of carbonyl (C=O) groups excluding carboxylic acids is 2. The standard InChI is InChI=1S/C26H26ClN3O4/c1-33-24-15-19(6-9-23(24)34-17-18-4-7-21(27)8-5-18)26(32)30-13-10-22(11-14-30)29-25(31)20-3-2-12-28-16-20/h2-9,12,15-16,22H,10-11,13-14,17H2,1H3,(H,29,31). The van der Waals surface area contributed by atoms with Crippen LogP contribution in [0.15, 0.2) is 67.0 Å². The van der Waals surface area contributed by atoms with Crippen LogP contribution in [0.25, 0.3) is 0 Å². The van der Waals surface area contributed by atoms with E-state index in [1.807, 2.05) is 24.3 Å². The molecule has 7 nitrogen and oxygen atoms in total. The molecule has 0 radical (unpaired) electrons. The minimum atomic E-state index is -0.142. The Kier molecular flexibility index (Phi) is 7.65. The first-order valence-electron chi connectivity index (χ1n) is 11.1. The Balaban J connectivity index is 1.33. The zero-order valence-electron chi connectivity index (χ0n) is 18.9. The van der Waals surface area contributed by atoms with Gasteiger partial charge in [0.05, 0.1) is 12.7 Å². The lowest BCUT2D eigenvalue weighted by atomic mass is 10.0. The number of methoxy groups -OCH3 is 1. The quantitative estimate of drug-likeness (QED) is 0.544. The van der Waals surface area contributed by atoms with Gasteiger partial charge in [0.15, 0.2) is 11.5 Å². The van der Waals surface area contributed by atoms with Gasteiger partial charge in [-0.3, -0.25) is 14.6 Å². The summed E-state index contributed by atoms with van der Waals surface area (Å²) < 4.78 is 11.3. The molecule has 2 amide bonds. The lowest BCUT2D eigenvalue weighted by Gasteiger charge is -2.32. The Morgan fingerprint density at radius 2 is 1.82 bits per heavy atom. The molecule has 2 aromatic carbocycles. The van der Waals surface area contributed by atoms with Crippen molar-refractivity contribution in [2.75, 3.05) is 20.2 Å². The number of carbonyl (C=O) groups is 2. The normalized spacial score (nSPS) is 13.9. The SMILES string of the molecule is COc1cc(C(=O)N2CCC(NC(=O)c3cccnc3)CC2)ccc1OCc1ccc(Cl)cc1. The molecule has 1 aliphatic heterocycles. The van der Waals surface area contributed by atoms with Crippen LogP contribution in [-0.2, 0) is 6.61 Å². The van der Waals surface area contributed by atoms with Crippen LogP contribution in [-0.4, -0.2) is 47.9 Å². The summed E-state index contributed by atoms with van der Waals surface area (Å²) in [5, 5.41) is 3.70. The number of aromatic nitrogens is 1. The summed E-state index contributed by atoms with van der Waals surface area (Å²) in [6.07, 6.45) is 4.56. The van der Waals surface area contributed by atoms with Crippen LogP contribution in [0.3, 0.4) is 0 Å². The summed E-state index contributed by atoms with van der Waals surface area (Å²) in [5.41, 5.74) is 2.05. The van der Waals surface area contributed by atoms with E-state index in [1.54, 1.807) is 54.7 Å². The maximum absolute atomic E-state index is 13.1. The molecular weight excluding hydrogens is 454 g/mol. The first kappa shape index (κ1) is 23.6. The van der Waals surface area contributed by atoms with Gasteiger partial charge in [0.2, 0.25) is 0 Å². The van der Waals surface area contributed by atoms with Crippen molar-refractivity contribution < 1.29 is 19.1 Å². The molecule has 8 heteroatoms. The molecule has 4 rings (SSSR count). The minimum absolute atomic E-state index is 0.0231. The summed E-state index contributed by atoms with van der Waals surface area (Å²) in [5.74, 6) is 0.848. The van der Waals surface area contributed by atoms with E-state index in [2.05, 4.69) is 10.3 Å². The molecule has 3 aromatic rings. The third kappa shape index (κ3) is 5.85. The molecule has 34 heavy (non-hydrogen) atoms. The first-order valence-corrected chi connectivity index (χ1v) is 11.5. The molecular formula is C26H26ClN3O4. The van der Waals surface area contributed by atoms with Crippen LogP contribution in [0.5, 0.6) is 11.5 Å². The van der Waals surface area contributed by atoms with Crippen molar-refractivity contribution in [1.29, 1.82) is 0 Å². The van der Waals surface area contributed by atoms with Crippen LogP contribution in [0.2, 0.25) is 5.02 Å². The molecule has 0 bridgehead atoms. The molecule has 1 aliphatic rings. The van der Waals surface area contributed by atoms with Gasteiger partial charge in [0.1, 0.15) is 6.61 Å². The van der Waals surface area contributed by atoms with Crippen molar-refractivity contribution in [2.45, 2.75) is 25.5 Å². The van der Waals surface area contributed by atoms with Crippen molar-refractivity contribution in [2.24, 2.45) is 0 Å². The highest BCUT2D eigenvalue weighted by molar-refractivity contribution is 6.30. The average molecular weight is 480 g/mol. The predicted molar refractivity (Wildman–Crippen MR) is 129 cm³/mol. The molecule has 0 aliphatic carbocycles. The van der Waals surface area contributed by atoms with Gasteiger partial charge < -0.3 is 19.7 Å². The van der Waals surface area contributed by atoms with E-state index in [4.69, 9.17) is 21.1 Å². The summed E-state index contributed by atoms with van der Waals surface area (Å²) in [4.78, 5) is 31.2. The number of hydrogen-bond acceptors (Lipinski definition) is 5. The number of halogens is 1. The molecule has 0 unspecified atom stereocenters. The number of benzene rings is 2. The second-order valence-electron chi connectivity index (χ2n) is 8.06. The van der Waals surface area contributed by atoms with Gasteiger partial charge in [0.25, 0.3) is 11.8 Å². The summed E-state index contributed by atoms with van der Waals surface area (Å²) in [6.45, 7) is 1.49. The second-order valence-corrected chi connectivity index (χ2v) is 8.50. The van der Waals surface area contributed by atoms with Gasteiger partial charge >= 0.3 is 0 Å². The summed E-state index contributed by atoms with van der Waals surface area (Å²) >= 11 is 5.93. The number of piperidine rings is 1. The number of hydrogen-bond donors (Lipinski definition) is 1. The Morgan fingerprint density at radius 3 is 2.50 bits per heavy atom. The molecule has 176 valence electrons. The lowest BCUT2D eigenvalue weighted by molar-refractivity contribution is 0.0697. The summed E-state index contributed by atoms with van der Waals surface area (Å²) in [7, 11) is 1.55. The van der Waals surface area contributed by atoms with E-state index in [-0.39, 0.29) is 17.9 Å². The maximum atomic E-state index is 13.1. The molecule has 1 fully saturated rings. The third-order valence-corrected chi connectivity index (χ3v) is 6.01.